The molecule has 0 amide bonds. The van der Waals surface area contributed by atoms with Crippen molar-refractivity contribution in [2.45, 2.75) is 45.1 Å². The normalized spacial score (nSPS) is 15.4. The summed E-state index contributed by atoms with van der Waals surface area (Å²) in [6.45, 7) is 1.95. The van der Waals surface area contributed by atoms with E-state index in [4.69, 9.17) is 16.3 Å². The van der Waals surface area contributed by atoms with Gasteiger partial charge in [0.05, 0.1) is 17.8 Å². The highest BCUT2D eigenvalue weighted by molar-refractivity contribution is 6.31. The van der Waals surface area contributed by atoms with E-state index in [1.54, 1.807) is 19.1 Å². The summed E-state index contributed by atoms with van der Waals surface area (Å²) in [7, 11) is 0. The van der Waals surface area contributed by atoms with Crippen molar-refractivity contribution in [3.8, 4) is 0 Å². The van der Waals surface area contributed by atoms with Crippen molar-refractivity contribution in [2.24, 2.45) is 0 Å². The van der Waals surface area contributed by atoms with Crippen LogP contribution in [-0.2, 0) is 4.74 Å². The van der Waals surface area contributed by atoms with E-state index in [1.165, 1.54) is 6.42 Å². The van der Waals surface area contributed by atoms with Gasteiger partial charge in [-0.15, -0.1) is 0 Å². The van der Waals surface area contributed by atoms with E-state index in [9.17, 15) is 9.59 Å². The maximum Gasteiger partial charge on any atom is 0.345 e. The number of H-pyrrole nitrogens is 1. The van der Waals surface area contributed by atoms with Crippen LogP contribution in [0.5, 0.6) is 0 Å². The largest absolute Gasteiger partial charge is 0.462 e. The van der Waals surface area contributed by atoms with E-state index in [-0.39, 0.29) is 18.2 Å². The van der Waals surface area contributed by atoms with Crippen LogP contribution in [0.15, 0.2) is 23.0 Å². The van der Waals surface area contributed by atoms with Gasteiger partial charge in [-0.2, -0.15) is 0 Å². The Morgan fingerprint density at radius 3 is 2.79 bits per heavy atom. The Labute approximate surface area is 145 Å². The molecular formula is C18H21ClN2O3. The van der Waals surface area contributed by atoms with Gasteiger partial charge < -0.3 is 15.0 Å². The number of nitrogens with one attached hydrogen (secondary N) is 2. The molecule has 0 bridgehead atoms. The molecule has 2 N–H and O–H groups in total. The van der Waals surface area contributed by atoms with Crippen molar-refractivity contribution in [1.82, 2.24) is 4.98 Å². The molecule has 0 radical (unpaired) electrons. The van der Waals surface area contributed by atoms with Crippen LogP contribution in [0.2, 0.25) is 5.02 Å². The molecule has 0 spiro atoms. The molecule has 1 aliphatic rings. The third-order valence-corrected chi connectivity index (χ3v) is 4.64. The van der Waals surface area contributed by atoms with Gasteiger partial charge in [0.25, 0.3) is 5.56 Å². The van der Waals surface area contributed by atoms with Crippen molar-refractivity contribution in [1.29, 1.82) is 0 Å². The Bertz CT molecular complexity index is 810. The zero-order chi connectivity index (χ0) is 17.1. The fraction of sp³-hybridized carbons (Fsp3) is 0.444. The second-order valence-corrected chi connectivity index (χ2v) is 6.53. The van der Waals surface area contributed by atoms with Crippen LogP contribution in [0.4, 0.5) is 5.69 Å². The molecule has 0 saturated heterocycles. The minimum Gasteiger partial charge on any atom is -0.462 e. The van der Waals surface area contributed by atoms with Gasteiger partial charge in [-0.05, 0) is 38.0 Å². The topological polar surface area (TPSA) is 71.2 Å². The van der Waals surface area contributed by atoms with Gasteiger partial charge in [0.1, 0.15) is 5.56 Å². The Balaban J connectivity index is 2.14. The van der Waals surface area contributed by atoms with Crippen molar-refractivity contribution in [2.75, 3.05) is 11.9 Å². The second-order valence-electron chi connectivity index (χ2n) is 6.09. The van der Waals surface area contributed by atoms with Crippen LogP contribution < -0.4 is 10.9 Å². The number of halogens is 1. The second kappa shape index (κ2) is 7.26. The van der Waals surface area contributed by atoms with E-state index in [0.717, 1.165) is 31.1 Å². The zero-order valence-corrected chi connectivity index (χ0v) is 14.4. The third kappa shape index (κ3) is 3.41. The number of anilines is 1. The van der Waals surface area contributed by atoms with Crippen LogP contribution >= 0.6 is 11.6 Å². The molecule has 1 saturated carbocycles. The highest BCUT2D eigenvalue weighted by Crippen LogP contribution is 2.30. The molecule has 128 valence electrons. The molecule has 6 heteroatoms. The van der Waals surface area contributed by atoms with Gasteiger partial charge in [0, 0.05) is 16.5 Å². The summed E-state index contributed by atoms with van der Waals surface area (Å²) < 4.78 is 5.09. The summed E-state index contributed by atoms with van der Waals surface area (Å²) in [4.78, 5) is 27.5. The lowest BCUT2D eigenvalue weighted by molar-refractivity contribution is 0.0525. The molecule has 2 aromatic rings. The summed E-state index contributed by atoms with van der Waals surface area (Å²) in [6, 6.07) is 5.52. The molecular weight excluding hydrogens is 328 g/mol. The molecule has 24 heavy (non-hydrogen) atoms. The Kier molecular flexibility index (Phi) is 5.09. The van der Waals surface area contributed by atoms with Gasteiger partial charge in [0.2, 0.25) is 0 Å². The number of carbonyl (C=O) groups is 1. The molecule has 1 aliphatic carbocycles. The molecule has 5 nitrogen and oxygen atoms in total. The summed E-state index contributed by atoms with van der Waals surface area (Å²) in [5, 5.41) is 4.73. The van der Waals surface area contributed by atoms with Crippen LogP contribution in [0.3, 0.4) is 0 Å². The predicted octanol–water partition coefficient (Wildman–Crippen LogP) is 4.10. The summed E-state index contributed by atoms with van der Waals surface area (Å²) in [5.41, 5.74) is 0.744. The zero-order valence-electron chi connectivity index (χ0n) is 13.7. The maximum absolute atomic E-state index is 12.5. The smallest absolute Gasteiger partial charge is 0.345 e. The number of esters is 1. The summed E-state index contributed by atoms with van der Waals surface area (Å²) >= 11 is 6.03. The van der Waals surface area contributed by atoms with E-state index >= 15 is 0 Å². The van der Waals surface area contributed by atoms with Crippen LogP contribution in [0.1, 0.15) is 49.4 Å². The SMILES string of the molecule is CCOC(=O)c1c(NC2CCCCC2)c2ccc(Cl)cc2[nH]c1=O. The first kappa shape index (κ1) is 16.8. The molecule has 1 aromatic heterocycles. The van der Waals surface area contributed by atoms with E-state index < -0.39 is 11.5 Å². The number of carbonyl (C=O) groups excluding carboxylic acids is 1. The van der Waals surface area contributed by atoms with Gasteiger partial charge in [0.15, 0.2) is 0 Å². The van der Waals surface area contributed by atoms with Gasteiger partial charge >= 0.3 is 5.97 Å². The molecule has 1 fully saturated rings. The average Bonchev–Trinajstić information content (AvgIpc) is 2.55. The minimum absolute atomic E-state index is 0.0391. The number of rotatable bonds is 4. The van der Waals surface area contributed by atoms with Gasteiger partial charge in [-0.1, -0.05) is 30.9 Å². The minimum atomic E-state index is -0.603. The lowest BCUT2D eigenvalue weighted by Crippen LogP contribution is -2.28. The van der Waals surface area contributed by atoms with Crippen LogP contribution in [0, 0.1) is 0 Å². The monoisotopic (exact) mass is 348 g/mol. The van der Waals surface area contributed by atoms with Crippen molar-refractivity contribution in [3.05, 3.63) is 39.1 Å². The van der Waals surface area contributed by atoms with Crippen molar-refractivity contribution < 1.29 is 9.53 Å². The molecule has 1 aromatic carbocycles. The van der Waals surface area contributed by atoms with Crippen LogP contribution in [-0.4, -0.2) is 23.6 Å². The van der Waals surface area contributed by atoms with E-state index in [0.29, 0.717) is 16.2 Å². The first-order chi connectivity index (χ1) is 11.6. The standard InChI is InChI=1S/C18H21ClN2O3/c1-2-24-18(23)15-16(20-12-6-4-3-5-7-12)13-9-8-11(19)10-14(13)21-17(15)22/h8-10,12H,2-7H2,1H3,(H2,20,21,22). The number of fused-ring (bicyclic) bond motifs is 1. The summed E-state index contributed by atoms with van der Waals surface area (Å²) in [6.07, 6.45) is 5.60. The molecule has 0 aliphatic heterocycles. The molecule has 1 heterocycles. The Morgan fingerprint density at radius 2 is 2.08 bits per heavy atom. The average molecular weight is 349 g/mol. The summed E-state index contributed by atoms with van der Waals surface area (Å²) in [5.74, 6) is -0.603. The Hall–Kier alpha value is -2.01. The molecule has 0 unspecified atom stereocenters. The van der Waals surface area contributed by atoms with Crippen molar-refractivity contribution in [3.63, 3.8) is 0 Å². The first-order valence-electron chi connectivity index (χ1n) is 8.39. The maximum atomic E-state index is 12.5. The number of aromatic nitrogens is 1. The fourth-order valence-electron chi connectivity index (χ4n) is 3.27. The van der Waals surface area contributed by atoms with E-state index in [1.807, 2.05) is 6.07 Å². The lowest BCUT2D eigenvalue weighted by atomic mass is 9.94. The lowest BCUT2D eigenvalue weighted by Gasteiger charge is -2.25. The van der Waals surface area contributed by atoms with Crippen molar-refractivity contribution >= 4 is 34.2 Å². The number of benzene rings is 1. The molecule has 0 atom stereocenters. The third-order valence-electron chi connectivity index (χ3n) is 4.41. The van der Waals surface area contributed by atoms with Gasteiger partial charge in [-0.3, -0.25) is 4.79 Å². The number of hydrogen-bond acceptors (Lipinski definition) is 4. The quantitative estimate of drug-likeness (QED) is 0.816. The predicted molar refractivity (Wildman–Crippen MR) is 96.0 cm³/mol. The van der Waals surface area contributed by atoms with Crippen LogP contribution in [0.25, 0.3) is 10.9 Å². The number of pyridine rings is 1. The highest BCUT2D eigenvalue weighted by atomic mass is 35.5. The number of hydrogen-bond donors (Lipinski definition) is 2. The van der Waals surface area contributed by atoms with E-state index in [2.05, 4.69) is 10.3 Å². The number of ether oxygens (including phenoxy) is 1. The van der Waals surface area contributed by atoms with Gasteiger partial charge in [-0.25, -0.2) is 4.79 Å². The first-order valence-corrected chi connectivity index (χ1v) is 8.77. The fourth-order valence-corrected chi connectivity index (χ4v) is 3.44. The number of aromatic amines is 1. The Morgan fingerprint density at radius 1 is 1.33 bits per heavy atom. The molecule has 3 rings (SSSR count). The highest BCUT2D eigenvalue weighted by Gasteiger charge is 2.23.